The number of para-hydroxylation sites is 1. The molecule has 108 valence electrons. The molecule has 2 aromatic rings. The summed E-state index contributed by atoms with van der Waals surface area (Å²) in [6.07, 6.45) is 2.56. The lowest BCUT2D eigenvalue weighted by Gasteiger charge is -2.08. The van der Waals surface area contributed by atoms with E-state index in [4.69, 9.17) is 9.84 Å². The van der Waals surface area contributed by atoms with Crippen molar-refractivity contribution in [1.29, 1.82) is 0 Å². The fourth-order valence-corrected chi connectivity index (χ4v) is 2.03. The first-order valence-electron chi connectivity index (χ1n) is 5.92. The van der Waals surface area contributed by atoms with Crippen molar-refractivity contribution < 1.29 is 19.4 Å². The molecule has 0 fully saturated rings. The minimum absolute atomic E-state index is 0.00511. The predicted octanol–water partition coefficient (Wildman–Crippen LogP) is 2.40. The fraction of sp³-hybridized carbons (Fsp3) is 0.0714. The number of carboxylic acid groups (broad SMARTS) is 1. The number of carbonyl (C=O) groups excluding carboxylic acids is 1. The zero-order valence-corrected chi connectivity index (χ0v) is 12.9. The highest BCUT2D eigenvalue weighted by Crippen LogP contribution is 2.17. The van der Waals surface area contributed by atoms with Crippen LogP contribution in [0.4, 0.5) is 5.69 Å². The molecule has 0 unspecified atom stereocenters. The number of hydrogen-bond acceptors (Lipinski definition) is 4. The number of rotatable bonds is 5. The second kappa shape index (κ2) is 7.02. The Bertz CT molecular complexity index is 676. The second-order valence-electron chi connectivity index (χ2n) is 4.03. The van der Waals surface area contributed by atoms with Crippen molar-refractivity contribution in [2.75, 3.05) is 11.9 Å². The van der Waals surface area contributed by atoms with Crippen molar-refractivity contribution in [1.82, 2.24) is 4.98 Å². The van der Waals surface area contributed by atoms with Gasteiger partial charge in [0, 0.05) is 9.77 Å². The maximum Gasteiger partial charge on any atom is 0.337 e. The molecule has 7 heteroatoms. The molecule has 0 radical (unpaired) electrons. The normalized spacial score (nSPS) is 9.95. The van der Waals surface area contributed by atoms with Crippen molar-refractivity contribution in [2.24, 2.45) is 0 Å². The number of aromatic carboxylic acids is 1. The van der Waals surface area contributed by atoms with Gasteiger partial charge in [-0.1, -0.05) is 12.1 Å². The maximum absolute atomic E-state index is 11.8. The van der Waals surface area contributed by atoms with Gasteiger partial charge in [-0.3, -0.25) is 9.78 Å². The van der Waals surface area contributed by atoms with Gasteiger partial charge in [0.25, 0.3) is 5.91 Å². The Labute approximate surface area is 134 Å². The third-order valence-electron chi connectivity index (χ3n) is 2.48. The topological polar surface area (TPSA) is 88.5 Å². The van der Waals surface area contributed by atoms with E-state index in [1.54, 1.807) is 6.07 Å². The second-order valence-corrected chi connectivity index (χ2v) is 5.19. The fourth-order valence-electron chi connectivity index (χ4n) is 1.51. The number of anilines is 1. The van der Waals surface area contributed by atoms with E-state index in [0.717, 1.165) is 3.57 Å². The number of halogens is 1. The Morgan fingerprint density at radius 3 is 2.76 bits per heavy atom. The average molecular weight is 398 g/mol. The van der Waals surface area contributed by atoms with Gasteiger partial charge < -0.3 is 15.2 Å². The van der Waals surface area contributed by atoms with Crippen molar-refractivity contribution >= 4 is 40.2 Å². The van der Waals surface area contributed by atoms with Crippen LogP contribution in [0.15, 0.2) is 42.7 Å². The monoisotopic (exact) mass is 398 g/mol. The van der Waals surface area contributed by atoms with Gasteiger partial charge in [-0.25, -0.2) is 4.79 Å². The van der Waals surface area contributed by atoms with Crippen LogP contribution in [0.1, 0.15) is 10.4 Å². The van der Waals surface area contributed by atoms with E-state index in [2.05, 4.69) is 32.9 Å². The summed E-state index contributed by atoms with van der Waals surface area (Å²) in [5.41, 5.74) is 0.703. The molecule has 21 heavy (non-hydrogen) atoms. The first-order valence-corrected chi connectivity index (χ1v) is 6.99. The third kappa shape index (κ3) is 4.42. The molecule has 0 bridgehead atoms. The number of nitrogens with one attached hydrogen (secondary N) is 1. The number of amides is 1. The number of aromatic nitrogens is 1. The van der Waals surface area contributed by atoms with Crippen LogP contribution in [0.3, 0.4) is 0 Å². The molecule has 1 aromatic heterocycles. The van der Waals surface area contributed by atoms with Crippen molar-refractivity contribution in [3.8, 4) is 5.75 Å². The number of carbonyl (C=O) groups is 2. The molecule has 2 rings (SSSR count). The molecule has 1 aromatic carbocycles. The lowest BCUT2D eigenvalue weighted by Crippen LogP contribution is -2.20. The lowest BCUT2D eigenvalue weighted by molar-refractivity contribution is -0.118. The molecule has 0 saturated heterocycles. The molecule has 0 aliphatic heterocycles. The van der Waals surface area contributed by atoms with Gasteiger partial charge in [0.15, 0.2) is 6.61 Å². The Morgan fingerprint density at radius 1 is 1.29 bits per heavy atom. The van der Waals surface area contributed by atoms with Crippen LogP contribution in [0.2, 0.25) is 0 Å². The third-order valence-corrected chi connectivity index (χ3v) is 3.42. The molecule has 0 spiro atoms. The summed E-state index contributed by atoms with van der Waals surface area (Å²) in [4.78, 5) is 26.3. The summed E-state index contributed by atoms with van der Waals surface area (Å²) in [6, 6.07) is 8.66. The largest absolute Gasteiger partial charge is 0.482 e. The Kier molecular flexibility index (Phi) is 5.09. The smallest absolute Gasteiger partial charge is 0.337 e. The summed E-state index contributed by atoms with van der Waals surface area (Å²) in [5.74, 6) is -1.20. The Hall–Kier alpha value is -2.16. The van der Waals surface area contributed by atoms with E-state index in [0.29, 0.717) is 5.69 Å². The van der Waals surface area contributed by atoms with Gasteiger partial charge in [-0.05, 0) is 40.8 Å². The van der Waals surface area contributed by atoms with Crippen LogP contribution in [0.25, 0.3) is 0 Å². The minimum atomic E-state index is -1.10. The van der Waals surface area contributed by atoms with Crippen molar-refractivity contribution in [3.05, 3.63) is 51.9 Å². The van der Waals surface area contributed by atoms with Gasteiger partial charge in [0.05, 0.1) is 17.4 Å². The molecular formula is C14H11IN2O4. The molecule has 0 aliphatic carbocycles. The van der Waals surface area contributed by atoms with E-state index >= 15 is 0 Å². The van der Waals surface area contributed by atoms with E-state index in [-0.39, 0.29) is 23.8 Å². The highest BCUT2D eigenvalue weighted by Gasteiger charge is 2.08. The number of hydrogen-bond donors (Lipinski definition) is 2. The summed E-state index contributed by atoms with van der Waals surface area (Å²) < 4.78 is 6.15. The summed E-state index contributed by atoms with van der Waals surface area (Å²) in [7, 11) is 0. The van der Waals surface area contributed by atoms with Crippen molar-refractivity contribution in [3.63, 3.8) is 0 Å². The number of carboxylic acids is 1. The molecule has 0 aliphatic rings. The first kappa shape index (κ1) is 15.2. The van der Waals surface area contributed by atoms with E-state index in [1.165, 1.54) is 18.5 Å². The predicted molar refractivity (Wildman–Crippen MR) is 84.5 cm³/mol. The highest BCUT2D eigenvalue weighted by molar-refractivity contribution is 14.1. The number of nitrogens with zero attached hydrogens (tertiary/aromatic N) is 1. The van der Waals surface area contributed by atoms with Gasteiger partial charge >= 0.3 is 5.97 Å². The van der Waals surface area contributed by atoms with E-state index < -0.39 is 5.97 Å². The molecule has 6 nitrogen and oxygen atoms in total. The number of ether oxygens (including phenoxy) is 1. The summed E-state index contributed by atoms with van der Waals surface area (Å²) in [6.45, 7) is -0.226. The summed E-state index contributed by atoms with van der Waals surface area (Å²) >= 11 is 2.11. The van der Waals surface area contributed by atoms with E-state index in [1.807, 2.05) is 18.2 Å². The van der Waals surface area contributed by atoms with Crippen LogP contribution in [0, 0.1) is 3.57 Å². The van der Waals surface area contributed by atoms with Gasteiger partial charge in [-0.15, -0.1) is 0 Å². The molecule has 2 N–H and O–H groups in total. The average Bonchev–Trinajstić information content (AvgIpc) is 2.48. The van der Waals surface area contributed by atoms with Crippen LogP contribution in [0.5, 0.6) is 5.75 Å². The van der Waals surface area contributed by atoms with Gasteiger partial charge in [0.1, 0.15) is 5.75 Å². The Morgan fingerprint density at radius 2 is 2.05 bits per heavy atom. The Balaban J connectivity index is 1.94. The van der Waals surface area contributed by atoms with Gasteiger partial charge in [0.2, 0.25) is 0 Å². The van der Waals surface area contributed by atoms with Crippen LogP contribution in [-0.2, 0) is 4.79 Å². The molecule has 1 heterocycles. The molecule has 0 saturated carbocycles. The molecular weight excluding hydrogens is 387 g/mol. The zero-order chi connectivity index (χ0) is 15.2. The van der Waals surface area contributed by atoms with Crippen LogP contribution >= 0.6 is 22.6 Å². The quantitative estimate of drug-likeness (QED) is 0.756. The maximum atomic E-state index is 11.8. The molecule has 0 atom stereocenters. The van der Waals surface area contributed by atoms with E-state index in [9.17, 15) is 9.59 Å². The number of pyridine rings is 1. The van der Waals surface area contributed by atoms with Crippen molar-refractivity contribution in [2.45, 2.75) is 0 Å². The van der Waals surface area contributed by atoms with Crippen LogP contribution < -0.4 is 10.1 Å². The SMILES string of the molecule is O=C(COc1cncc(C(=O)O)c1)Nc1ccccc1I. The zero-order valence-electron chi connectivity index (χ0n) is 10.7. The van der Waals surface area contributed by atoms with Gasteiger partial charge in [-0.2, -0.15) is 0 Å². The first-order chi connectivity index (χ1) is 10.1. The highest BCUT2D eigenvalue weighted by atomic mass is 127. The lowest BCUT2D eigenvalue weighted by atomic mass is 10.3. The number of benzene rings is 1. The molecule has 1 amide bonds. The van der Waals surface area contributed by atoms with Crippen LogP contribution in [-0.4, -0.2) is 28.6 Å². The minimum Gasteiger partial charge on any atom is -0.482 e. The summed E-state index contributed by atoms with van der Waals surface area (Å²) in [5, 5.41) is 11.5. The standard InChI is InChI=1S/C14H11IN2O4/c15-11-3-1-2-4-12(11)17-13(18)8-21-10-5-9(14(19)20)6-16-7-10/h1-7H,8H2,(H,17,18)(H,19,20).